The van der Waals surface area contributed by atoms with Crippen molar-refractivity contribution < 1.29 is 13.9 Å². The summed E-state index contributed by atoms with van der Waals surface area (Å²) < 4.78 is 17.5. The zero-order valence-corrected chi connectivity index (χ0v) is 24.6. The van der Waals surface area contributed by atoms with Crippen LogP contribution in [0.2, 0.25) is 0 Å². The maximum absolute atomic E-state index is 6.93. The average Bonchev–Trinajstić information content (AvgIpc) is 3.81. The van der Waals surface area contributed by atoms with Crippen molar-refractivity contribution in [1.29, 1.82) is 0 Å². The lowest BCUT2D eigenvalue weighted by molar-refractivity contribution is -0.945. The molecule has 0 atom stereocenters. The maximum Gasteiger partial charge on any atom is 0.425 e. The van der Waals surface area contributed by atoms with Gasteiger partial charge in [0.05, 0.1) is 21.5 Å². The first kappa shape index (κ1) is 21.6. The van der Waals surface area contributed by atoms with Crippen molar-refractivity contribution in [3.63, 3.8) is 0 Å². The Morgan fingerprint density at radius 1 is 0.455 bits per heavy atom. The van der Waals surface area contributed by atoms with Gasteiger partial charge in [-0.3, -0.25) is 0 Å². The molecule has 10 aromatic rings. The van der Waals surface area contributed by atoms with E-state index in [1.807, 2.05) is 22.7 Å². The summed E-state index contributed by atoms with van der Waals surface area (Å²) in [7, 11) is 0. The highest BCUT2D eigenvalue weighted by Crippen LogP contribution is 2.60. The second kappa shape index (κ2) is 6.68. The van der Waals surface area contributed by atoms with Crippen LogP contribution >= 0.6 is 22.7 Å². The van der Waals surface area contributed by atoms with E-state index in [-0.39, 0.29) is 0 Å². The number of aromatic nitrogens is 2. The number of hydrogen-bond donors (Lipinski definition) is 0. The van der Waals surface area contributed by atoms with E-state index in [1.54, 1.807) is 0 Å². The van der Waals surface area contributed by atoms with E-state index in [2.05, 4.69) is 119 Å². The van der Waals surface area contributed by atoms with Crippen LogP contribution < -0.4 is 13.9 Å². The van der Waals surface area contributed by atoms with Crippen LogP contribution in [0.15, 0.2) is 109 Å². The van der Waals surface area contributed by atoms with Gasteiger partial charge < -0.3 is 4.74 Å². The highest BCUT2D eigenvalue weighted by molar-refractivity contribution is 7.27. The van der Waals surface area contributed by atoms with Crippen LogP contribution in [0, 0.1) is 0 Å². The highest BCUT2D eigenvalue weighted by Gasteiger charge is 2.69. The fourth-order valence-corrected chi connectivity index (χ4v) is 11.7. The van der Waals surface area contributed by atoms with Crippen molar-refractivity contribution in [3.05, 3.63) is 121 Å². The zero-order valence-electron chi connectivity index (χ0n) is 23.0. The van der Waals surface area contributed by atoms with Crippen LogP contribution in [0.5, 0.6) is 11.5 Å². The Hall–Kier alpha value is -5.10. The summed E-state index contributed by atoms with van der Waals surface area (Å²) in [5, 5.41) is 13.3. The molecule has 7 heterocycles. The Bertz CT molecular complexity index is 2880. The smallest absolute Gasteiger partial charge is 0.425 e. The van der Waals surface area contributed by atoms with Gasteiger partial charge in [0, 0.05) is 63.2 Å². The molecule has 3 aliphatic rings. The van der Waals surface area contributed by atoms with Gasteiger partial charge in [0.2, 0.25) is 11.0 Å². The molecule has 0 unspecified atom stereocenters. The molecular weight excluding hydrogens is 577 g/mol. The molecule has 6 aromatic carbocycles. The molecule has 200 valence electrons. The van der Waals surface area contributed by atoms with E-state index in [0.29, 0.717) is 0 Å². The van der Waals surface area contributed by atoms with Crippen molar-refractivity contribution in [1.82, 2.24) is 0 Å². The van der Waals surface area contributed by atoms with E-state index >= 15 is 0 Å². The first-order chi connectivity index (χ1) is 21.8. The molecule has 0 aliphatic carbocycles. The summed E-state index contributed by atoms with van der Waals surface area (Å²) in [6.07, 6.45) is 4.63. The van der Waals surface area contributed by atoms with Gasteiger partial charge in [-0.25, -0.2) is 0 Å². The van der Waals surface area contributed by atoms with Crippen molar-refractivity contribution >= 4 is 106 Å². The first-order valence-corrected chi connectivity index (χ1v) is 16.7. The number of pyridine rings is 2. The number of fused-ring (bicyclic) bond motifs is 10. The molecule has 0 fully saturated rings. The number of rotatable bonds is 0. The summed E-state index contributed by atoms with van der Waals surface area (Å²) in [5.41, 5.74) is 4.58. The third-order valence-electron chi connectivity index (χ3n) is 10.6. The lowest BCUT2D eigenvalue weighted by Gasteiger charge is -2.26. The standard InChI is InChI=1S/C39H18N2OS2/c1-3-11-27-19(7-1)29-21-9-5-17-40-35(21)31-23(37(29)43-27)13-15-25-33(31)39(40)34-26(42-25)16-14-24-32(34)36-22(10-6-18-41(36)39)30-20-8-2-4-12-28(20)44-38(24)30/h1-18H/q+2. The fourth-order valence-electron chi connectivity index (χ4n) is 9.22. The van der Waals surface area contributed by atoms with Crippen LogP contribution in [-0.2, 0) is 5.66 Å². The third-order valence-corrected chi connectivity index (χ3v) is 13.0. The van der Waals surface area contributed by atoms with Crippen molar-refractivity contribution in [2.24, 2.45) is 0 Å². The fraction of sp³-hybridized carbons (Fsp3) is 0.0256. The molecule has 0 radical (unpaired) electrons. The molecular formula is C39H18N2OS2+2. The predicted molar refractivity (Wildman–Crippen MR) is 181 cm³/mol. The third kappa shape index (κ3) is 1.98. The lowest BCUT2D eigenvalue weighted by Crippen LogP contribution is -2.72. The summed E-state index contributed by atoms with van der Waals surface area (Å²) in [6.45, 7) is 0. The lowest BCUT2D eigenvalue weighted by atomic mass is 9.85. The minimum absolute atomic E-state index is 0.565. The largest absolute Gasteiger partial charge is 0.456 e. The van der Waals surface area contributed by atoms with Crippen molar-refractivity contribution in [2.45, 2.75) is 5.66 Å². The van der Waals surface area contributed by atoms with E-state index in [4.69, 9.17) is 4.74 Å². The van der Waals surface area contributed by atoms with Gasteiger partial charge in [0.15, 0.2) is 23.5 Å². The summed E-state index contributed by atoms with van der Waals surface area (Å²) in [4.78, 5) is 0. The Morgan fingerprint density at radius 3 is 1.45 bits per heavy atom. The maximum atomic E-state index is 6.93. The van der Waals surface area contributed by atoms with Gasteiger partial charge in [-0.2, -0.15) is 0 Å². The molecule has 44 heavy (non-hydrogen) atoms. The zero-order chi connectivity index (χ0) is 28.1. The molecule has 3 nitrogen and oxygen atoms in total. The van der Waals surface area contributed by atoms with Crippen LogP contribution in [0.25, 0.3) is 83.7 Å². The molecule has 13 rings (SSSR count). The molecule has 0 N–H and O–H groups in total. The minimum Gasteiger partial charge on any atom is -0.456 e. The Kier molecular flexibility index (Phi) is 3.27. The van der Waals surface area contributed by atoms with Gasteiger partial charge in [-0.15, -0.1) is 31.8 Å². The van der Waals surface area contributed by atoms with Gasteiger partial charge in [-0.05, 0) is 48.5 Å². The molecule has 1 spiro atoms. The number of hydrogen-bond acceptors (Lipinski definition) is 3. The average molecular weight is 595 g/mol. The Labute approximate surface area is 257 Å². The Morgan fingerprint density at radius 2 is 0.932 bits per heavy atom. The molecule has 4 aromatic heterocycles. The predicted octanol–water partition coefficient (Wildman–Crippen LogP) is 9.64. The number of nitrogens with zero attached hydrogens (tertiary/aromatic N) is 2. The second-order valence-corrected chi connectivity index (χ2v) is 14.5. The summed E-state index contributed by atoms with van der Waals surface area (Å²) >= 11 is 3.83. The van der Waals surface area contributed by atoms with Crippen LogP contribution in [0.4, 0.5) is 0 Å². The van der Waals surface area contributed by atoms with Crippen LogP contribution in [-0.4, -0.2) is 0 Å². The molecule has 3 aliphatic heterocycles. The molecule has 0 amide bonds. The quantitative estimate of drug-likeness (QED) is 0.126. The van der Waals surface area contributed by atoms with Gasteiger partial charge in [0.1, 0.15) is 11.5 Å². The molecule has 5 heteroatoms. The van der Waals surface area contributed by atoms with Crippen LogP contribution in [0.3, 0.4) is 0 Å². The SMILES string of the molecule is c1ccc2c(c1)sc1c3ccc4c5c3c3c(ccc[n+]3C53c5c(ccc6c7sc8ccccc8c7c7ccc[n+]3c7c56)O4)c21. The van der Waals surface area contributed by atoms with Gasteiger partial charge >= 0.3 is 5.66 Å². The normalized spacial score (nSPS) is 15.2. The highest BCUT2D eigenvalue weighted by atomic mass is 32.1. The van der Waals surface area contributed by atoms with Crippen LogP contribution in [0.1, 0.15) is 11.1 Å². The molecule has 0 saturated heterocycles. The van der Waals surface area contributed by atoms with E-state index in [0.717, 1.165) is 11.5 Å². The number of thiophene rings is 2. The topological polar surface area (TPSA) is 17.0 Å². The van der Waals surface area contributed by atoms with E-state index in [9.17, 15) is 0 Å². The summed E-state index contributed by atoms with van der Waals surface area (Å²) in [6, 6.07) is 36.0. The van der Waals surface area contributed by atoms with Gasteiger partial charge in [0.25, 0.3) is 0 Å². The second-order valence-electron chi connectivity index (χ2n) is 12.4. The van der Waals surface area contributed by atoms with Gasteiger partial charge in [-0.1, -0.05) is 36.4 Å². The van der Waals surface area contributed by atoms with Crippen molar-refractivity contribution in [2.75, 3.05) is 0 Å². The molecule has 0 bridgehead atoms. The monoisotopic (exact) mass is 594 g/mol. The van der Waals surface area contributed by atoms with E-state index < -0.39 is 5.66 Å². The molecule has 0 saturated carbocycles. The summed E-state index contributed by atoms with van der Waals surface area (Å²) in [5.74, 6) is 1.92. The number of benzene rings is 6. The number of ether oxygens (including phenoxy) is 1. The van der Waals surface area contributed by atoms with E-state index in [1.165, 1.54) is 94.8 Å². The Balaban J connectivity index is 1.34. The minimum atomic E-state index is -0.565. The van der Waals surface area contributed by atoms with Crippen molar-refractivity contribution in [3.8, 4) is 11.5 Å². The first-order valence-electron chi connectivity index (χ1n) is 15.0.